The molecule has 104 valence electrons. The Morgan fingerprint density at radius 3 is 2.61 bits per heavy atom. The number of imidazole rings is 1. The third kappa shape index (κ3) is 4.40. The van der Waals surface area contributed by atoms with Crippen LogP contribution in [0.15, 0.2) is 11.2 Å². The molecule has 0 bridgehead atoms. The summed E-state index contributed by atoms with van der Waals surface area (Å²) in [6.45, 7) is 5.91. The predicted octanol–water partition coefficient (Wildman–Crippen LogP) is 0.910. The van der Waals surface area contributed by atoms with E-state index in [0.29, 0.717) is 19.8 Å². The summed E-state index contributed by atoms with van der Waals surface area (Å²) in [4.78, 5) is 4.06. The fourth-order valence-corrected chi connectivity index (χ4v) is 2.10. The molecule has 0 unspecified atom stereocenters. The zero-order valence-corrected chi connectivity index (χ0v) is 11.7. The highest BCUT2D eigenvalue weighted by Gasteiger charge is 2.15. The summed E-state index contributed by atoms with van der Waals surface area (Å²) in [7, 11) is -3.73. The summed E-state index contributed by atoms with van der Waals surface area (Å²) in [5.41, 5.74) is 0. The number of rotatable bonds is 8. The Bertz CT molecular complexity index is 468. The van der Waals surface area contributed by atoms with Crippen LogP contribution in [-0.2, 0) is 27.7 Å². The van der Waals surface area contributed by atoms with E-state index in [4.69, 9.17) is 9.88 Å². The molecule has 0 aliphatic rings. The molecule has 1 heterocycles. The highest BCUT2D eigenvalue weighted by molar-refractivity contribution is 7.89. The minimum atomic E-state index is -3.73. The lowest BCUT2D eigenvalue weighted by molar-refractivity contribution is 0.126. The van der Waals surface area contributed by atoms with E-state index in [1.807, 2.05) is 13.8 Å². The van der Waals surface area contributed by atoms with Gasteiger partial charge in [0.25, 0.3) is 10.0 Å². The number of hydrogen-bond donors (Lipinski definition) is 1. The SMILES string of the molecule is CCCOCCn1cc(S(N)(=O)=O)nc1CCC. The molecule has 1 aromatic rings. The number of primary sulfonamides is 1. The highest BCUT2D eigenvalue weighted by Crippen LogP contribution is 2.10. The summed E-state index contributed by atoms with van der Waals surface area (Å²) < 4.78 is 29.7. The molecular formula is C11H21N3O3S. The summed E-state index contributed by atoms with van der Waals surface area (Å²) in [6, 6.07) is 0. The second kappa shape index (κ2) is 6.86. The van der Waals surface area contributed by atoms with Crippen LogP contribution < -0.4 is 5.14 Å². The normalized spacial score (nSPS) is 11.9. The molecule has 0 saturated heterocycles. The van der Waals surface area contributed by atoms with Crippen LogP contribution in [0.5, 0.6) is 0 Å². The molecule has 18 heavy (non-hydrogen) atoms. The first-order valence-corrected chi connectivity index (χ1v) is 7.70. The molecule has 0 saturated carbocycles. The third-order valence-corrected chi connectivity index (χ3v) is 3.21. The first-order chi connectivity index (χ1) is 8.49. The summed E-state index contributed by atoms with van der Waals surface area (Å²) in [6.07, 6.45) is 4.07. The first kappa shape index (κ1) is 15.1. The number of aryl methyl sites for hydroxylation is 1. The molecule has 2 N–H and O–H groups in total. The Kier molecular flexibility index (Phi) is 5.77. The maximum atomic E-state index is 11.2. The second-order valence-electron chi connectivity index (χ2n) is 4.10. The van der Waals surface area contributed by atoms with Crippen molar-refractivity contribution < 1.29 is 13.2 Å². The van der Waals surface area contributed by atoms with Crippen molar-refractivity contribution in [3.05, 3.63) is 12.0 Å². The molecule has 0 spiro atoms. The van der Waals surface area contributed by atoms with Gasteiger partial charge in [0.05, 0.1) is 6.61 Å². The Balaban J connectivity index is 2.78. The third-order valence-electron chi connectivity index (χ3n) is 2.43. The average molecular weight is 275 g/mol. The molecule has 1 aromatic heterocycles. The Labute approximate surface area is 108 Å². The van der Waals surface area contributed by atoms with Crippen molar-refractivity contribution in [1.82, 2.24) is 9.55 Å². The van der Waals surface area contributed by atoms with Crippen LogP contribution in [-0.4, -0.2) is 31.2 Å². The molecule has 1 rings (SSSR count). The quantitative estimate of drug-likeness (QED) is 0.714. The number of sulfonamides is 1. The number of hydrogen-bond acceptors (Lipinski definition) is 4. The largest absolute Gasteiger partial charge is 0.380 e. The lowest BCUT2D eigenvalue weighted by Gasteiger charge is -2.06. The number of nitrogens with two attached hydrogens (primary N) is 1. The smallest absolute Gasteiger partial charge is 0.257 e. The molecule has 0 aliphatic heterocycles. The van der Waals surface area contributed by atoms with Crippen molar-refractivity contribution in [2.45, 2.75) is 44.7 Å². The molecule has 0 amide bonds. The van der Waals surface area contributed by atoms with E-state index in [2.05, 4.69) is 4.98 Å². The molecule has 0 radical (unpaired) electrons. The van der Waals surface area contributed by atoms with Gasteiger partial charge in [0.1, 0.15) is 5.82 Å². The van der Waals surface area contributed by atoms with Crippen molar-refractivity contribution in [2.24, 2.45) is 5.14 Å². The van der Waals surface area contributed by atoms with Crippen LogP contribution in [0.25, 0.3) is 0 Å². The lowest BCUT2D eigenvalue weighted by atomic mass is 10.3. The molecular weight excluding hydrogens is 254 g/mol. The van der Waals surface area contributed by atoms with E-state index in [0.717, 1.165) is 25.1 Å². The van der Waals surface area contributed by atoms with Gasteiger partial charge in [-0.3, -0.25) is 0 Å². The molecule has 0 aliphatic carbocycles. The minimum absolute atomic E-state index is 0.0681. The van der Waals surface area contributed by atoms with Crippen LogP contribution in [0.2, 0.25) is 0 Å². The number of aromatic nitrogens is 2. The van der Waals surface area contributed by atoms with E-state index in [-0.39, 0.29) is 5.03 Å². The highest BCUT2D eigenvalue weighted by atomic mass is 32.2. The van der Waals surface area contributed by atoms with Gasteiger partial charge in [0, 0.05) is 25.8 Å². The summed E-state index contributed by atoms with van der Waals surface area (Å²) in [5, 5.41) is 5.01. The topological polar surface area (TPSA) is 87.2 Å². The van der Waals surface area contributed by atoms with E-state index < -0.39 is 10.0 Å². The van der Waals surface area contributed by atoms with Gasteiger partial charge in [-0.2, -0.15) is 0 Å². The predicted molar refractivity (Wildman–Crippen MR) is 68.7 cm³/mol. The fourth-order valence-electron chi connectivity index (χ4n) is 1.59. The van der Waals surface area contributed by atoms with E-state index in [1.165, 1.54) is 6.20 Å². The average Bonchev–Trinajstić information content (AvgIpc) is 2.68. The Morgan fingerprint density at radius 2 is 2.06 bits per heavy atom. The van der Waals surface area contributed by atoms with Crippen molar-refractivity contribution in [2.75, 3.05) is 13.2 Å². The van der Waals surface area contributed by atoms with Gasteiger partial charge in [-0.1, -0.05) is 13.8 Å². The minimum Gasteiger partial charge on any atom is -0.380 e. The molecule has 0 atom stereocenters. The lowest BCUT2D eigenvalue weighted by Crippen LogP contribution is -2.12. The van der Waals surface area contributed by atoms with Crippen molar-refractivity contribution in [3.8, 4) is 0 Å². The van der Waals surface area contributed by atoms with Crippen LogP contribution in [0.1, 0.15) is 32.5 Å². The number of nitrogens with zero attached hydrogens (tertiary/aromatic N) is 2. The van der Waals surface area contributed by atoms with E-state index >= 15 is 0 Å². The Morgan fingerprint density at radius 1 is 1.33 bits per heavy atom. The zero-order chi connectivity index (χ0) is 13.6. The van der Waals surface area contributed by atoms with Crippen molar-refractivity contribution in [3.63, 3.8) is 0 Å². The maximum absolute atomic E-state index is 11.2. The first-order valence-electron chi connectivity index (χ1n) is 6.15. The molecule has 7 heteroatoms. The van der Waals surface area contributed by atoms with Gasteiger partial charge in [0.15, 0.2) is 5.03 Å². The molecule has 0 aromatic carbocycles. The van der Waals surface area contributed by atoms with Gasteiger partial charge in [0.2, 0.25) is 0 Å². The maximum Gasteiger partial charge on any atom is 0.257 e. The molecule has 0 fully saturated rings. The van der Waals surface area contributed by atoms with E-state index in [1.54, 1.807) is 4.57 Å². The van der Waals surface area contributed by atoms with Crippen LogP contribution in [0.4, 0.5) is 0 Å². The second-order valence-corrected chi connectivity index (χ2v) is 5.60. The monoisotopic (exact) mass is 275 g/mol. The number of ether oxygens (including phenoxy) is 1. The van der Waals surface area contributed by atoms with E-state index in [9.17, 15) is 8.42 Å². The van der Waals surface area contributed by atoms with Gasteiger partial charge in [-0.15, -0.1) is 0 Å². The van der Waals surface area contributed by atoms with Gasteiger partial charge in [-0.05, 0) is 12.8 Å². The molecule has 6 nitrogen and oxygen atoms in total. The zero-order valence-electron chi connectivity index (χ0n) is 10.9. The van der Waals surface area contributed by atoms with Gasteiger partial charge in [-0.25, -0.2) is 18.5 Å². The summed E-state index contributed by atoms with van der Waals surface area (Å²) >= 11 is 0. The van der Waals surface area contributed by atoms with Crippen LogP contribution in [0, 0.1) is 0 Å². The van der Waals surface area contributed by atoms with Gasteiger partial charge >= 0.3 is 0 Å². The van der Waals surface area contributed by atoms with Gasteiger partial charge < -0.3 is 9.30 Å². The van der Waals surface area contributed by atoms with Crippen molar-refractivity contribution >= 4 is 10.0 Å². The van der Waals surface area contributed by atoms with Crippen LogP contribution >= 0.6 is 0 Å². The fraction of sp³-hybridized carbons (Fsp3) is 0.727. The van der Waals surface area contributed by atoms with Crippen LogP contribution in [0.3, 0.4) is 0 Å². The summed E-state index contributed by atoms with van der Waals surface area (Å²) in [5.74, 6) is 0.738. The standard InChI is InChI=1S/C11H21N3O3S/c1-3-5-10-13-11(18(12,15)16)9-14(10)6-8-17-7-4-2/h9H,3-8H2,1-2H3,(H2,12,15,16). The Hall–Kier alpha value is -0.920. The van der Waals surface area contributed by atoms with Crippen molar-refractivity contribution in [1.29, 1.82) is 0 Å².